The normalized spacial score (nSPS) is 11.0. The van der Waals surface area contributed by atoms with Gasteiger partial charge >= 0.3 is 11.9 Å². The van der Waals surface area contributed by atoms with Crippen molar-refractivity contribution in [2.75, 3.05) is 24.9 Å². The second-order valence-electron chi connectivity index (χ2n) is 9.88. The van der Waals surface area contributed by atoms with Crippen LogP contribution in [0.25, 0.3) is 45.1 Å². The maximum Gasteiger partial charge on any atom is 0.309 e. The van der Waals surface area contributed by atoms with Crippen molar-refractivity contribution < 1.29 is 27.9 Å². The van der Waals surface area contributed by atoms with E-state index >= 15 is 0 Å². The number of aromatic nitrogens is 2. The third kappa shape index (κ3) is 6.42. The van der Waals surface area contributed by atoms with E-state index < -0.39 is 0 Å². The molecular weight excluding hydrogens is 580 g/mol. The summed E-state index contributed by atoms with van der Waals surface area (Å²) in [5, 5.41) is 6.77. The number of carbonyl (C=O) groups excluding carboxylic acids is 2. The van der Waals surface area contributed by atoms with E-state index in [-0.39, 0.29) is 24.8 Å². The van der Waals surface area contributed by atoms with Crippen LogP contribution in [-0.4, -0.2) is 41.2 Å². The Labute approximate surface area is 257 Å². The fourth-order valence-corrected chi connectivity index (χ4v) is 4.81. The van der Waals surface area contributed by atoms with Crippen molar-refractivity contribution in [2.45, 2.75) is 12.8 Å². The van der Waals surface area contributed by atoms with Crippen molar-refractivity contribution in [1.29, 1.82) is 0 Å². The predicted molar refractivity (Wildman–Crippen MR) is 170 cm³/mol. The fourth-order valence-electron chi connectivity index (χ4n) is 4.58. The fraction of sp³-hybridized carbons (Fsp3) is 0.121. The van der Waals surface area contributed by atoms with E-state index in [4.69, 9.17) is 30.5 Å². The van der Waals surface area contributed by atoms with Crippen LogP contribution in [0.2, 0.25) is 0 Å². The highest BCUT2D eigenvalue weighted by Crippen LogP contribution is 2.28. The van der Waals surface area contributed by atoms with Gasteiger partial charge in [0.25, 0.3) is 0 Å². The Kier molecular flexibility index (Phi) is 8.02. The molecule has 0 bridgehead atoms. The van der Waals surface area contributed by atoms with E-state index in [0.717, 1.165) is 33.6 Å². The summed E-state index contributed by atoms with van der Waals surface area (Å²) in [6.07, 6.45) is 0.348. The number of benzene rings is 4. The largest absolute Gasteiger partial charge is 0.469 e. The van der Waals surface area contributed by atoms with E-state index in [1.807, 2.05) is 72.8 Å². The first-order valence-corrected chi connectivity index (χ1v) is 14.0. The number of hydrogen-bond acceptors (Lipinski definition) is 9. The third-order valence-electron chi connectivity index (χ3n) is 6.84. The van der Waals surface area contributed by atoms with E-state index in [1.165, 1.54) is 14.2 Å². The molecule has 4 aromatic carbocycles. The minimum Gasteiger partial charge on any atom is -0.469 e. The standard InChI is InChI=1S/C33H26N4O6S/c1-40-29(38)17-19-3-13-27-25(15-19)36-31(42-27)21-5-9-23(10-6-21)34-33(44)35-24-11-7-22(8-12-24)32-37-26-16-20(18-30(39)41-2)4-14-28(26)43-32/h3-16H,17-18H2,1-2H3,(H2,34,35,44). The first-order chi connectivity index (χ1) is 21.4. The summed E-state index contributed by atoms with van der Waals surface area (Å²) in [7, 11) is 2.73. The van der Waals surface area contributed by atoms with Crippen LogP contribution in [0, 0.1) is 0 Å². The van der Waals surface area contributed by atoms with Crippen molar-refractivity contribution in [1.82, 2.24) is 9.97 Å². The number of methoxy groups -OCH3 is 2. The van der Waals surface area contributed by atoms with Gasteiger partial charge in [-0.1, -0.05) is 12.1 Å². The number of nitrogens with zero attached hydrogens (tertiary/aromatic N) is 2. The van der Waals surface area contributed by atoms with Crippen molar-refractivity contribution >= 4 is 62.8 Å². The maximum atomic E-state index is 11.6. The quantitative estimate of drug-likeness (QED) is 0.145. The third-order valence-corrected chi connectivity index (χ3v) is 7.04. The lowest BCUT2D eigenvalue weighted by molar-refractivity contribution is -0.140. The Balaban J connectivity index is 1.07. The monoisotopic (exact) mass is 606 g/mol. The molecule has 44 heavy (non-hydrogen) atoms. The van der Waals surface area contributed by atoms with Gasteiger partial charge in [-0.2, -0.15) is 0 Å². The summed E-state index contributed by atoms with van der Waals surface area (Å²) in [5.41, 5.74) is 7.39. The number of anilines is 2. The zero-order valence-corrected chi connectivity index (χ0v) is 24.6. The van der Waals surface area contributed by atoms with Gasteiger partial charge in [0.2, 0.25) is 11.8 Å². The first-order valence-electron chi connectivity index (χ1n) is 13.6. The number of fused-ring (bicyclic) bond motifs is 2. The average Bonchev–Trinajstić information content (AvgIpc) is 3.65. The van der Waals surface area contributed by atoms with E-state index in [1.54, 1.807) is 12.1 Å². The highest BCUT2D eigenvalue weighted by Gasteiger charge is 2.13. The van der Waals surface area contributed by atoms with E-state index in [2.05, 4.69) is 20.6 Å². The van der Waals surface area contributed by atoms with Crippen LogP contribution >= 0.6 is 12.2 Å². The minimum absolute atomic E-state index is 0.174. The molecule has 6 rings (SSSR count). The lowest BCUT2D eigenvalue weighted by Gasteiger charge is -2.11. The Hall–Kier alpha value is -5.55. The number of thiocarbonyl (C=S) groups is 1. The molecule has 2 heterocycles. The van der Waals surface area contributed by atoms with Gasteiger partial charge in [-0.25, -0.2) is 9.97 Å². The van der Waals surface area contributed by atoms with Crippen LogP contribution in [-0.2, 0) is 31.9 Å². The lowest BCUT2D eigenvalue weighted by Crippen LogP contribution is -2.18. The molecular formula is C33H26N4O6S. The smallest absolute Gasteiger partial charge is 0.309 e. The van der Waals surface area contributed by atoms with Gasteiger partial charge in [0, 0.05) is 22.5 Å². The number of rotatable bonds is 8. The summed E-state index contributed by atoms with van der Waals surface area (Å²) in [6.45, 7) is 0. The van der Waals surface area contributed by atoms with Gasteiger partial charge in [0.15, 0.2) is 16.3 Å². The Bertz CT molecular complexity index is 1850. The second kappa shape index (κ2) is 12.4. The molecule has 0 spiro atoms. The minimum atomic E-state index is -0.311. The molecule has 0 saturated carbocycles. The molecule has 0 unspecified atom stereocenters. The summed E-state index contributed by atoms with van der Waals surface area (Å²) in [5.74, 6) is 0.329. The SMILES string of the molecule is COC(=O)Cc1ccc2oc(-c3ccc(NC(=S)Nc4ccc(-c5nc6cc(CC(=O)OC)ccc6o5)cc4)cc3)nc2c1. The number of esters is 2. The van der Waals surface area contributed by atoms with E-state index in [0.29, 0.717) is 39.1 Å². The van der Waals surface area contributed by atoms with Gasteiger partial charge in [0.05, 0.1) is 27.1 Å². The molecule has 2 N–H and O–H groups in total. The summed E-state index contributed by atoms with van der Waals surface area (Å²) in [4.78, 5) is 32.3. The first kappa shape index (κ1) is 28.6. The van der Waals surface area contributed by atoms with Gasteiger partial charge in [-0.3, -0.25) is 9.59 Å². The van der Waals surface area contributed by atoms with Crippen molar-refractivity contribution in [2.24, 2.45) is 0 Å². The molecule has 0 amide bonds. The molecule has 10 nitrogen and oxygen atoms in total. The lowest BCUT2D eigenvalue weighted by atomic mass is 10.1. The van der Waals surface area contributed by atoms with Crippen LogP contribution in [0.4, 0.5) is 11.4 Å². The molecule has 220 valence electrons. The summed E-state index contributed by atoms with van der Waals surface area (Å²) in [6, 6.07) is 26.0. The van der Waals surface area contributed by atoms with Crippen LogP contribution in [0.5, 0.6) is 0 Å². The Morgan fingerprint density at radius 1 is 0.659 bits per heavy atom. The second-order valence-corrected chi connectivity index (χ2v) is 10.3. The Morgan fingerprint density at radius 3 is 1.45 bits per heavy atom. The number of oxazole rings is 2. The number of hydrogen-bond donors (Lipinski definition) is 2. The topological polar surface area (TPSA) is 129 Å². The van der Waals surface area contributed by atoms with Gasteiger partial charge < -0.3 is 28.9 Å². The van der Waals surface area contributed by atoms with E-state index in [9.17, 15) is 9.59 Å². The van der Waals surface area contributed by atoms with Gasteiger partial charge in [0.1, 0.15) is 11.0 Å². The molecule has 0 aliphatic rings. The molecule has 0 atom stereocenters. The zero-order valence-electron chi connectivity index (χ0n) is 23.7. The van der Waals surface area contributed by atoms with Gasteiger partial charge in [-0.05, 0) is 96.1 Å². The average molecular weight is 607 g/mol. The van der Waals surface area contributed by atoms with Crippen LogP contribution in [0.15, 0.2) is 93.8 Å². The number of nitrogens with one attached hydrogen (secondary N) is 2. The predicted octanol–water partition coefficient (Wildman–Crippen LogP) is 6.54. The van der Waals surface area contributed by atoms with Crippen LogP contribution in [0.1, 0.15) is 11.1 Å². The summed E-state index contributed by atoms with van der Waals surface area (Å²) >= 11 is 5.51. The number of ether oxygens (including phenoxy) is 2. The molecule has 0 aliphatic carbocycles. The van der Waals surface area contributed by atoms with Crippen LogP contribution < -0.4 is 10.6 Å². The summed E-state index contributed by atoms with van der Waals surface area (Å²) < 4.78 is 21.3. The van der Waals surface area contributed by atoms with Crippen LogP contribution in [0.3, 0.4) is 0 Å². The van der Waals surface area contributed by atoms with Crippen molar-refractivity contribution in [3.05, 3.63) is 96.1 Å². The molecule has 2 aromatic heterocycles. The van der Waals surface area contributed by atoms with Crippen molar-refractivity contribution in [3.8, 4) is 22.9 Å². The zero-order chi connectivity index (χ0) is 30.6. The van der Waals surface area contributed by atoms with Gasteiger partial charge in [-0.15, -0.1) is 0 Å². The molecule has 0 saturated heterocycles. The molecule has 6 aromatic rings. The molecule has 0 radical (unpaired) electrons. The highest BCUT2D eigenvalue weighted by atomic mass is 32.1. The Morgan fingerprint density at radius 2 is 1.07 bits per heavy atom. The molecule has 11 heteroatoms. The molecule has 0 aliphatic heterocycles. The molecule has 0 fully saturated rings. The van der Waals surface area contributed by atoms with Crippen molar-refractivity contribution in [3.63, 3.8) is 0 Å². The number of carbonyl (C=O) groups is 2. The maximum absolute atomic E-state index is 11.6. The highest BCUT2D eigenvalue weighted by molar-refractivity contribution is 7.80.